The van der Waals surface area contributed by atoms with E-state index in [2.05, 4.69) is 4.99 Å². The van der Waals surface area contributed by atoms with Crippen LogP contribution in [0.4, 0.5) is 0 Å². The molecule has 20 heavy (non-hydrogen) atoms. The number of hydrogen-bond acceptors (Lipinski definition) is 3. The number of halogens is 1. The second kappa shape index (κ2) is 5.59. The summed E-state index contributed by atoms with van der Waals surface area (Å²) in [7, 11) is 0. The van der Waals surface area contributed by atoms with Crippen molar-refractivity contribution in [1.82, 2.24) is 0 Å². The van der Waals surface area contributed by atoms with E-state index < -0.39 is 5.54 Å². The van der Waals surface area contributed by atoms with Crippen LogP contribution in [0.25, 0.3) is 0 Å². The normalized spacial score (nSPS) is 20.4. The van der Waals surface area contributed by atoms with Crippen LogP contribution >= 0.6 is 11.6 Å². The van der Waals surface area contributed by atoms with E-state index in [0.717, 1.165) is 37.2 Å². The van der Waals surface area contributed by atoms with Gasteiger partial charge in [0.2, 0.25) is 6.08 Å². The van der Waals surface area contributed by atoms with Crippen LogP contribution in [0, 0.1) is 5.92 Å². The molecule has 0 unspecified atom stereocenters. The average Bonchev–Trinajstić information content (AvgIpc) is 2.31. The van der Waals surface area contributed by atoms with Gasteiger partial charge in [0.25, 0.3) is 0 Å². The van der Waals surface area contributed by atoms with Gasteiger partial charge in [-0.25, -0.2) is 4.79 Å². The van der Waals surface area contributed by atoms with Crippen molar-refractivity contribution >= 4 is 17.7 Å². The van der Waals surface area contributed by atoms with Crippen molar-refractivity contribution in [3.8, 4) is 5.75 Å². The van der Waals surface area contributed by atoms with Crippen molar-refractivity contribution in [3.05, 3.63) is 28.8 Å². The SMILES string of the molecule is O=C=NC1(c2cc(Cl)cc(OCC3CCC3)c2)CCC1. The molecule has 0 aromatic heterocycles. The second-order valence-corrected chi connectivity index (χ2v) is 6.31. The third kappa shape index (κ3) is 2.61. The van der Waals surface area contributed by atoms with Crippen LogP contribution in [0.3, 0.4) is 0 Å². The quantitative estimate of drug-likeness (QED) is 0.601. The van der Waals surface area contributed by atoms with Crippen LogP contribution in [0.2, 0.25) is 5.02 Å². The smallest absolute Gasteiger partial charge is 0.235 e. The van der Waals surface area contributed by atoms with Gasteiger partial charge in [0, 0.05) is 5.02 Å². The summed E-state index contributed by atoms with van der Waals surface area (Å²) in [5, 5.41) is 0.637. The van der Waals surface area contributed by atoms with Gasteiger partial charge in [-0.1, -0.05) is 18.0 Å². The maximum absolute atomic E-state index is 10.7. The van der Waals surface area contributed by atoms with Crippen LogP contribution < -0.4 is 4.74 Å². The largest absolute Gasteiger partial charge is 0.493 e. The number of ether oxygens (including phenoxy) is 1. The lowest BCUT2D eigenvalue weighted by Gasteiger charge is -2.37. The Bertz CT molecular complexity index is 543. The fourth-order valence-electron chi connectivity index (χ4n) is 2.85. The lowest BCUT2D eigenvalue weighted by Crippen LogP contribution is -2.31. The van der Waals surface area contributed by atoms with Crippen molar-refractivity contribution in [2.45, 2.75) is 44.1 Å². The van der Waals surface area contributed by atoms with Gasteiger partial charge >= 0.3 is 0 Å². The maximum Gasteiger partial charge on any atom is 0.235 e. The molecule has 2 aliphatic carbocycles. The Labute approximate surface area is 124 Å². The first-order valence-corrected chi connectivity index (χ1v) is 7.62. The molecule has 1 aromatic carbocycles. The van der Waals surface area contributed by atoms with Crippen molar-refractivity contribution in [2.24, 2.45) is 10.9 Å². The zero-order chi connectivity index (χ0) is 14.0. The first-order chi connectivity index (χ1) is 9.72. The van der Waals surface area contributed by atoms with E-state index in [1.807, 2.05) is 18.2 Å². The van der Waals surface area contributed by atoms with Crippen LogP contribution in [-0.4, -0.2) is 12.7 Å². The fraction of sp³-hybridized carbons (Fsp3) is 0.562. The second-order valence-electron chi connectivity index (χ2n) is 5.87. The Morgan fingerprint density at radius 2 is 2.10 bits per heavy atom. The Morgan fingerprint density at radius 3 is 2.65 bits per heavy atom. The zero-order valence-corrected chi connectivity index (χ0v) is 12.2. The molecule has 2 fully saturated rings. The summed E-state index contributed by atoms with van der Waals surface area (Å²) >= 11 is 6.18. The minimum Gasteiger partial charge on any atom is -0.493 e. The van der Waals surface area contributed by atoms with Crippen molar-refractivity contribution in [2.75, 3.05) is 6.61 Å². The van der Waals surface area contributed by atoms with E-state index in [1.54, 1.807) is 6.08 Å². The molecule has 0 heterocycles. The molecular formula is C16H18ClNO2. The molecule has 4 heteroatoms. The molecule has 0 atom stereocenters. The topological polar surface area (TPSA) is 38.7 Å². The average molecular weight is 292 g/mol. The molecule has 1 aromatic rings. The predicted octanol–water partition coefficient (Wildman–Crippen LogP) is 4.23. The molecule has 0 N–H and O–H groups in total. The van der Waals surface area contributed by atoms with E-state index in [0.29, 0.717) is 10.9 Å². The summed E-state index contributed by atoms with van der Waals surface area (Å²) in [5.74, 6) is 1.47. The monoisotopic (exact) mass is 291 g/mol. The minimum absolute atomic E-state index is 0.415. The number of rotatable bonds is 5. The van der Waals surface area contributed by atoms with Gasteiger partial charge < -0.3 is 4.74 Å². The summed E-state index contributed by atoms with van der Waals surface area (Å²) < 4.78 is 5.85. The molecule has 3 rings (SSSR count). The zero-order valence-electron chi connectivity index (χ0n) is 11.4. The lowest BCUT2D eigenvalue weighted by atomic mass is 9.72. The van der Waals surface area contributed by atoms with E-state index in [4.69, 9.17) is 16.3 Å². The Kier molecular flexibility index (Phi) is 3.82. The molecule has 2 saturated carbocycles. The number of nitrogens with zero attached hydrogens (tertiary/aromatic N) is 1. The van der Waals surface area contributed by atoms with Crippen LogP contribution in [0.1, 0.15) is 44.1 Å². The first kappa shape index (κ1) is 13.7. The Balaban J connectivity index is 1.80. The van der Waals surface area contributed by atoms with E-state index in [1.165, 1.54) is 19.3 Å². The molecule has 3 nitrogen and oxygen atoms in total. The highest BCUT2D eigenvalue weighted by molar-refractivity contribution is 6.30. The van der Waals surface area contributed by atoms with E-state index in [9.17, 15) is 4.79 Å². The summed E-state index contributed by atoms with van der Waals surface area (Å²) in [4.78, 5) is 14.7. The van der Waals surface area contributed by atoms with E-state index >= 15 is 0 Å². The van der Waals surface area contributed by atoms with Crippen LogP contribution in [0.15, 0.2) is 23.2 Å². The standard InChI is InChI=1S/C16H18ClNO2/c17-14-7-13(16(18-11-19)5-2-6-16)8-15(9-14)20-10-12-3-1-4-12/h7-9,12H,1-6,10H2. The van der Waals surface area contributed by atoms with Gasteiger partial charge in [-0.3, -0.25) is 0 Å². The van der Waals surface area contributed by atoms with Crippen molar-refractivity contribution in [1.29, 1.82) is 0 Å². The molecule has 0 bridgehead atoms. The molecule has 106 valence electrons. The number of aliphatic imine (C=N–C) groups is 1. The van der Waals surface area contributed by atoms with Crippen LogP contribution in [-0.2, 0) is 10.3 Å². The molecule has 0 spiro atoms. The molecule has 2 aliphatic rings. The van der Waals surface area contributed by atoms with E-state index in [-0.39, 0.29) is 0 Å². The van der Waals surface area contributed by atoms with Crippen molar-refractivity contribution < 1.29 is 9.53 Å². The summed E-state index contributed by atoms with van der Waals surface area (Å²) in [6.45, 7) is 0.754. The summed E-state index contributed by atoms with van der Waals surface area (Å²) in [6, 6.07) is 5.70. The highest BCUT2D eigenvalue weighted by atomic mass is 35.5. The third-order valence-electron chi connectivity index (χ3n) is 4.56. The molecule has 0 amide bonds. The van der Waals surface area contributed by atoms with Gasteiger partial charge in [-0.05, 0) is 61.8 Å². The van der Waals surface area contributed by atoms with Crippen LogP contribution in [0.5, 0.6) is 5.75 Å². The molecular weight excluding hydrogens is 274 g/mol. The maximum atomic E-state index is 10.7. The molecule has 0 saturated heterocycles. The number of benzene rings is 1. The number of hydrogen-bond donors (Lipinski definition) is 0. The van der Waals surface area contributed by atoms with Gasteiger partial charge in [-0.15, -0.1) is 0 Å². The highest BCUT2D eigenvalue weighted by Crippen LogP contribution is 2.46. The van der Waals surface area contributed by atoms with Gasteiger partial charge in [0.15, 0.2) is 0 Å². The highest BCUT2D eigenvalue weighted by Gasteiger charge is 2.39. The number of isocyanates is 1. The van der Waals surface area contributed by atoms with Gasteiger partial charge in [-0.2, -0.15) is 4.99 Å². The van der Waals surface area contributed by atoms with Gasteiger partial charge in [0.05, 0.1) is 12.1 Å². The Hall–Kier alpha value is -1.31. The first-order valence-electron chi connectivity index (χ1n) is 7.25. The third-order valence-corrected chi connectivity index (χ3v) is 4.78. The minimum atomic E-state index is -0.415. The van der Waals surface area contributed by atoms with Crippen molar-refractivity contribution in [3.63, 3.8) is 0 Å². The Morgan fingerprint density at radius 1 is 1.30 bits per heavy atom. The molecule has 0 radical (unpaired) electrons. The fourth-order valence-corrected chi connectivity index (χ4v) is 3.08. The molecule has 0 aliphatic heterocycles. The van der Waals surface area contributed by atoms with Gasteiger partial charge in [0.1, 0.15) is 5.75 Å². The number of carbonyl (C=O) groups excluding carboxylic acids is 1. The predicted molar refractivity (Wildman–Crippen MR) is 77.9 cm³/mol. The lowest BCUT2D eigenvalue weighted by molar-refractivity contribution is 0.180. The summed E-state index contributed by atoms with van der Waals surface area (Å²) in [6.07, 6.45) is 8.37. The summed E-state index contributed by atoms with van der Waals surface area (Å²) in [5.41, 5.74) is 0.560.